The number of carboxylic acid groups (broad SMARTS) is 1. The van der Waals surface area contributed by atoms with E-state index in [1.54, 1.807) is 32.0 Å². The molecule has 7 nitrogen and oxygen atoms in total. The summed E-state index contributed by atoms with van der Waals surface area (Å²) in [4.78, 5) is 18.5. The van der Waals surface area contributed by atoms with Crippen LogP contribution in [0.2, 0.25) is 5.15 Å². The largest absolute Gasteiger partial charge is 0.478 e. The van der Waals surface area contributed by atoms with E-state index < -0.39 is 32.9 Å². The molecule has 150 valence electrons. The summed E-state index contributed by atoms with van der Waals surface area (Å²) in [6.07, 6.45) is 0. The van der Waals surface area contributed by atoms with Gasteiger partial charge in [-0.05, 0) is 43.2 Å². The lowest BCUT2D eigenvalue weighted by atomic mass is 10.00. The highest BCUT2D eigenvalue weighted by Crippen LogP contribution is 2.31. The molecule has 0 fully saturated rings. The maximum Gasteiger partial charge on any atom is 0.335 e. The first-order chi connectivity index (χ1) is 13.6. The monoisotopic (exact) mass is 435 g/mol. The Bertz CT molecular complexity index is 1210. The molecule has 0 saturated heterocycles. The van der Waals surface area contributed by atoms with Crippen molar-refractivity contribution in [3.8, 4) is 11.3 Å². The van der Waals surface area contributed by atoms with Crippen molar-refractivity contribution in [3.63, 3.8) is 0 Å². The summed E-state index contributed by atoms with van der Waals surface area (Å²) in [5, 5.41) is 8.50. The Hall–Kier alpha value is -3.04. The molecule has 2 aromatic carbocycles. The normalized spacial score (nSPS) is 11.3. The highest BCUT2D eigenvalue weighted by Gasteiger charge is 2.22. The number of hydrogen-bond acceptors (Lipinski definition) is 5. The molecule has 1 aromatic heterocycles. The third-order valence-electron chi connectivity index (χ3n) is 4.15. The van der Waals surface area contributed by atoms with Gasteiger partial charge in [-0.3, -0.25) is 0 Å². The zero-order valence-electron chi connectivity index (χ0n) is 15.3. The van der Waals surface area contributed by atoms with Crippen molar-refractivity contribution in [3.05, 3.63) is 70.1 Å². The van der Waals surface area contributed by atoms with E-state index in [9.17, 15) is 17.6 Å². The average Bonchev–Trinajstić information content (AvgIpc) is 2.65. The fraction of sp³-hybridized carbons (Fsp3) is 0.105. The van der Waals surface area contributed by atoms with Crippen molar-refractivity contribution >= 4 is 33.5 Å². The topological polar surface area (TPSA) is 109 Å². The van der Waals surface area contributed by atoms with Gasteiger partial charge < -0.3 is 5.11 Å². The molecule has 1 heterocycles. The Kier molecular flexibility index (Phi) is 5.54. The maximum absolute atomic E-state index is 14.6. The Morgan fingerprint density at radius 2 is 1.72 bits per heavy atom. The fourth-order valence-corrected chi connectivity index (χ4v) is 3.95. The Morgan fingerprint density at radius 1 is 1.10 bits per heavy atom. The van der Waals surface area contributed by atoms with Crippen LogP contribution in [0.1, 0.15) is 21.5 Å². The SMILES string of the molecule is Cc1cccc(C)c1-c1nc(NS(=O)(=O)c2cccc(C(=O)O)c2)nc(Cl)c1F. The minimum absolute atomic E-state index is 0.141. The van der Waals surface area contributed by atoms with E-state index in [0.717, 1.165) is 17.2 Å². The summed E-state index contributed by atoms with van der Waals surface area (Å²) in [7, 11) is -4.24. The van der Waals surface area contributed by atoms with E-state index in [1.807, 2.05) is 0 Å². The molecular weight excluding hydrogens is 421 g/mol. The molecule has 0 aliphatic heterocycles. The number of aromatic nitrogens is 2. The first-order valence-corrected chi connectivity index (χ1v) is 10.1. The zero-order chi connectivity index (χ0) is 21.3. The van der Waals surface area contributed by atoms with E-state index >= 15 is 0 Å². The molecule has 0 radical (unpaired) electrons. The van der Waals surface area contributed by atoms with Gasteiger partial charge in [-0.25, -0.2) is 27.3 Å². The standard InChI is InChI=1S/C19H15ClFN3O4S/c1-10-5-3-6-11(2)14(10)16-15(21)17(20)23-19(22-16)24-29(27,28)13-8-4-7-12(9-13)18(25)26/h3-9H,1-2H3,(H,25,26)(H,22,23,24). The molecule has 10 heteroatoms. The number of aromatic carboxylic acids is 1. The van der Waals surface area contributed by atoms with Crippen LogP contribution < -0.4 is 4.72 Å². The highest BCUT2D eigenvalue weighted by molar-refractivity contribution is 7.92. The minimum Gasteiger partial charge on any atom is -0.478 e. The van der Waals surface area contributed by atoms with Gasteiger partial charge in [0.2, 0.25) is 5.95 Å². The van der Waals surface area contributed by atoms with Gasteiger partial charge in [0.15, 0.2) is 11.0 Å². The van der Waals surface area contributed by atoms with Crippen LogP contribution in [0.3, 0.4) is 0 Å². The van der Waals surface area contributed by atoms with Crippen molar-refractivity contribution in [2.75, 3.05) is 4.72 Å². The Balaban J connectivity index is 2.08. The number of benzene rings is 2. The molecule has 0 amide bonds. The van der Waals surface area contributed by atoms with E-state index in [4.69, 9.17) is 16.7 Å². The van der Waals surface area contributed by atoms with Crippen LogP contribution in [-0.4, -0.2) is 29.5 Å². The summed E-state index contributed by atoms with van der Waals surface area (Å²) >= 11 is 5.88. The molecule has 0 spiro atoms. The second-order valence-electron chi connectivity index (χ2n) is 6.21. The van der Waals surface area contributed by atoms with Crippen molar-refractivity contribution in [2.24, 2.45) is 0 Å². The highest BCUT2D eigenvalue weighted by atomic mass is 35.5. The van der Waals surface area contributed by atoms with Gasteiger partial charge in [-0.1, -0.05) is 35.9 Å². The van der Waals surface area contributed by atoms with Crippen LogP contribution in [0.15, 0.2) is 47.4 Å². The van der Waals surface area contributed by atoms with Gasteiger partial charge in [0.25, 0.3) is 10.0 Å². The van der Waals surface area contributed by atoms with Gasteiger partial charge in [0, 0.05) is 5.56 Å². The van der Waals surface area contributed by atoms with Gasteiger partial charge >= 0.3 is 5.97 Å². The molecule has 2 N–H and O–H groups in total. The van der Waals surface area contributed by atoms with Crippen LogP contribution in [0.4, 0.5) is 10.3 Å². The Labute approximate surface area is 171 Å². The summed E-state index contributed by atoms with van der Waals surface area (Å²) < 4.78 is 42.0. The minimum atomic E-state index is -4.24. The third kappa shape index (κ3) is 4.20. The van der Waals surface area contributed by atoms with Gasteiger partial charge in [0.05, 0.1) is 10.5 Å². The van der Waals surface area contributed by atoms with Crippen LogP contribution in [-0.2, 0) is 10.0 Å². The molecule has 0 aliphatic carbocycles. The van der Waals surface area contributed by atoms with Crippen LogP contribution in [0.25, 0.3) is 11.3 Å². The Morgan fingerprint density at radius 3 is 2.34 bits per heavy atom. The van der Waals surface area contributed by atoms with E-state index in [1.165, 1.54) is 18.2 Å². The number of nitrogens with one attached hydrogen (secondary N) is 1. The van der Waals surface area contributed by atoms with Crippen molar-refractivity contribution in [1.82, 2.24) is 9.97 Å². The molecule has 29 heavy (non-hydrogen) atoms. The van der Waals surface area contributed by atoms with Crippen LogP contribution >= 0.6 is 11.6 Å². The summed E-state index contributed by atoms with van der Waals surface area (Å²) in [5.41, 5.74) is 1.57. The van der Waals surface area contributed by atoms with Crippen LogP contribution in [0, 0.1) is 19.7 Å². The number of sulfonamides is 1. The summed E-state index contributed by atoms with van der Waals surface area (Å²) in [6.45, 7) is 3.53. The molecule has 0 saturated carbocycles. The number of halogens is 2. The summed E-state index contributed by atoms with van der Waals surface area (Å²) in [5.74, 6) is -2.59. The molecule has 0 aliphatic rings. The van der Waals surface area contributed by atoms with Crippen molar-refractivity contribution in [1.29, 1.82) is 0 Å². The van der Waals surface area contributed by atoms with Gasteiger partial charge in [0.1, 0.15) is 5.69 Å². The van der Waals surface area contributed by atoms with E-state index in [-0.39, 0.29) is 16.2 Å². The predicted octanol–water partition coefficient (Wildman–Crippen LogP) is 4.05. The number of nitrogens with zero attached hydrogens (tertiary/aromatic N) is 2. The number of hydrogen-bond donors (Lipinski definition) is 2. The second kappa shape index (κ2) is 7.76. The maximum atomic E-state index is 14.6. The lowest BCUT2D eigenvalue weighted by molar-refractivity contribution is 0.0696. The zero-order valence-corrected chi connectivity index (χ0v) is 16.8. The van der Waals surface area contributed by atoms with Gasteiger partial charge in [-0.2, -0.15) is 4.98 Å². The number of rotatable bonds is 5. The smallest absolute Gasteiger partial charge is 0.335 e. The third-order valence-corrected chi connectivity index (χ3v) is 5.72. The van der Waals surface area contributed by atoms with Gasteiger partial charge in [-0.15, -0.1) is 0 Å². The molecule has 3 aromatic rings. The van der Waals surface area contributed by atoms with Crippen molar-refractivity contribution < 1.29 is 22.7 Å². The molecule has 0 bridgehead atoms. The molecule has 0 unspecified atom stereocenters. The molecular formula is C19H15ClFN3O4S. The number of carbonyl (C=O) groups is 1. The number of aryl methyl sites for hydroxylation is 2. The lowest BCUT2D eigenvalue weighted by Crippen LogP contribution is -2.16. The lowest BCUT2D eigenvalue weighted by Gasteiger charge is -2.13. The number of carboxylic acids is 1. The first-order valence-electron chi connectivity index (χ1n) is 8.26. The van der Waals surface area contributed by atoms with Crippen molar-refractivity contribution in [2.45, 2.75) is 18.7 Å². The number of anilines is 1. The van der Waals surface area contributed by atoms with E-state index in [2.05, 4.69) is 14.7 Å². The fourth-order valence-electron chi connectivity index (χ4n) is 2.79. The predicted molar refractivity (Wildman–Crippen MR) is 106 cm³/mol. The molecule has 3 rings (SSSR count). The molecule has 0 atom stereocenters. The first kappa shape index (κ1) is 20.7. The second-order valence-corrected chi connectivity index (χ2v) is 8.25. The van der Waals surface area contributed by atoms with Crippen LogP contribution in [0.5, 0.6) is 0 Å². The average molecular weight is 436 g/mol. The quantitative estimate of drug-likeness (QED) is 0.585. The summed E-state index contributed by atoms with van der Waals surface area (Å²) in [6, 6.07) is 10.1. The van der Waals surface area contributed by atoms with E-state index in [0.29, 0.717) is 5.56 Å².